The maximum Gasteiger partial charge on any atom is 0.234 e. The topological polar surface area (TPSA) is 73.0 Å². The number of aromatic nitrogens is 3. The Morgan fingerprint density at radius 1 is 1.13 bits per heavy atom. The van der Waals surface area contributed by atoms with Crippen molar-refractivity contribution < 1.29 is 13.6 Å². The predicted molar refractivity (Wildman–Crippen MR) is 114 cm³/mol. The van der Waals surface area contributed by atoms with Gasteiger partial charge in [-0.15, -0.1) is 10.2 Å². The number of rotatable bonds is 7. The van der Waals surface area contributed by atoms with Gasteiger partial charge in [0, 0.05) is 11.3 Å². The van der Waals surface area contributed by atoms with Gasteiger partial charge in [0.15, 0.2) is 11.0 Å². The lowest BCUT2D eigenvalue weighted by atomic mass is 10.1. The van der Waals surface area contributed by atoms with E-state index in [1.54, 1.807) is 6.26 Å². The Morgan fingerprint density at radius 2 is 1.97 bits per heavy atom. The molecule has 0 saturated carbocycles. The zero-order valence-corrected chi connectivity index (χ0v) is 17.0. The summed E-state index contributed by atoms with van der Waals surface area (Å²) in [7, 11) is 0. The molecular weight excluding hydrogens is 403 g/mol. The van der Waals surface area contributed by atoms with Gasteiger partial charge < -0.3 is 9.73 Å². The summed E-state index contributed by atoms with van der Waals surface area (Å²) >= 11 is 1.28. The number of nitrogens with one attached hydrogen (secondary N) is 1. The molecule has 4 rings (SSSR count). The zero-order chi connectivity index (χ0) is 20.9. The maximum atomic E-state index is 13.0. The number of carbonyl (C=O) groups excluding carboxylic acids is 1. The third kappa shape index (κ3) is 4.77. The molecule has 0 atom stereocenters. The second kappa shape index (κ2) is 8.96. The number of hydrogen-bond donors (Lipinski definition) is 1. The molecule has 2 aromatic heterocycles. The normalized spacial score (nSPS) is 10.9. The number of nitrogens with zero attached hydrogens (tertiary/aromatic N) is 3. The lowest BCUT2D eigenvalue weighted by Gasteiger charge is -2.09. The van der Waals surface area contributed by atoms with Crippen molar-refractivity contribution in [3.63, 3.8) is 0 Å². The van der Waals surface area contributed by atoms with Gasteiger partial charge in [0.1, 0.15) is 11.6 Å². The largest absolute Gasteiger partial charge is 0.467 e. The fourth-order valence-corrected chi connectivity index (χ4v) is 3.69. The standard InChI is InChI=1S/C22H19FN4O2S/c1-15-4-2-5-16(12-15)21-25-26-22(27(21)13-19-6-3-11-29-19)30-14-20(28)24-18-9-7-17(23)8-10-18/h2-12H,13-14H2,1H3,(H,24,28). The smallest absolute Gasteiger partial charge is 0.234 e. The molecule has 0 bridgehead atoms. The molecule has 0 spiro atoms. The van der Waals surface area contributed by atoms with E-state index in [9.17, 15) is 9.18 Å². The van der Waals surface area contributed by atoms with Gasteiger partial charge in [-0.05, 0) is 49.4 Å². The van der Waals surface area contributed by atoms with Crippen LogP contribution in [0, 0.1) is 12.7 Å². The highest BCUT2D eigenvalue weighted by Gasteiger charge is 2.17. The van der Waals surface area contributed by atoms with Gasteiger partial charge in [-0.1, -0.05) is 35.5 Å². The minimum atomic E-state index is -0.350. The van der Waals surface area contributed by atoms with E-state index in [1.807, 2.05) is 47.9 Å². The molecule has 0 fully saturated rings. The molecule has 30 heavy (non-hydrogen) atoms. The minimum absolute atomic E-state index is 0.140. The van der Waals surface area contributed by atoms with Crippen LogP contribution in [0.5, 0.6) is 0 Å². The van der Waals surface area contributed by atoms with Crippen LogP contribution in [-0.4, -0.2) is 26.4 Å². The van der Waals surface area contributed by atoms with Gasteiger partial charge >= 0.3 is 0 Å². The van der Waals surface area contributed by atoms with E-state index in [-0.39, 0.29) is 17.5 Å². The summed E-state index contributed by atoms with van der Waals surface area (Å²) in [6.07, 6.45) is 1.62. The molecule has 0 aliphatic carbocycles. The molecule has 0 aliphatic rings. The molecule has 2 heterocycles. The summed E-state index contributed by atoms with van der Waals surface area (Å²) in [6, 6.07) is 17.4. The molecule has 6 nitrogen and oxygen atoms in total. The van der Waals surface area contributed by atoms with Crippen molar-refractivity contribution in [1.29, 1.82) is 0 Å². The lowest BCUT2D eigenvalue weighted by Crippen LogP contribution is -2.14. The van der Waals surface area contributed by atoms with Crippen LogP contribution >= 0.6 is 11.8 Å². The van der Waals surface area contributed by atoms with Gasteiger partial charge in [0.05, 0.1) is 18.6 Å². The number of halogens is 1. The van der Waals surface area contributed by atoms with Gasteiger partial charge in [-0.3, -0.25) is 9.36 Å². The van der Waals surface area contributed by atoms with Crippen molar-refractivity contribution in [3.8, 4) is 11.4 Å². The average Bonchev–Trinajstić information content (AvgIpc) is 3.39. The van der Waals surface area contributed by atoms with Crippen LogP contribution in [0.3, 0.4) is 0 Å². The van der Waals surface area contributed by atoms with Crippen molar-refractivity contribution in [2.24, 2.45) is 0 Å². The first-order valence-electron chi connectivity index (χ1n) is 9.29. The average molecular weight is 422 g/mol. The monoisotopic (exact) mass is 422 g/mol. The Morgan fingerprint density at radius 3 is 2.70 bits per heavy atom. The van der Waals surface area contributed by atoms with Gasteiger partial charge in [-0.25, -0.2) is 4.39 Å². The minimum Gasteiger partial charge on any atom is -0.467 e. The van der Waals surface area contributed by atoms with Crippen molar-refractivity contribution in [2.45, 2.75) is 18.6 Å². The van der Waals surface area contributed by atoms with Crippen LogP contribution in [-0.2, 0) is 11.3 Å². The Kier molecular flexibility index (Phi) is 5.94. The first-order valence-corrected chi connectivity index (χ1v) is 10.3. The van der Waals surface area contributed by atoms with E-state index in [4.69, 9.17) is 4.42 Å². The fraction of sp³-hybridized carbons (Fsp3) is 0.136. The number of aryl methyl sites for hydroxylation is 1. The highest BCUT2D eigenvalue weighted by Crippen LogP contribution is 2.26. The van der Waals surface area contributed by atoms with E-state index in [0.717, 1.165) is 16.9 Å². The van der Waals surface area contributed by atoms with Crippen LogP contribution in [0.15, 0.2) is 76.5 Å². The highest BCUT2D eigenvalue weighted by molar-refractivity contribution is 7.99. The summed E-state index contributed by atoms with van der Waals surface area (Å²) in [5.74, 6) is 1.05. The van der Waals surface area contributed by atoms with Crippen LogP contribution in [0.2, 0.25) is 0 Å². The Labute approximate surface area is 177 Å². The molecule has 0 saturated heterocycles. The van der Waals surface area contributed by atoms with E-state index in [1.165, 1.54) is 36.0 Å². The second-order valence-corrected chi connectivity index (χ2v) is 7.63. The first-order chi connectivity index (χ1) is 14.6. The molecule has 152 valence electrons. The summed E-state index contributed by atoms with van der Waals surface area (Å²) < 4.78 is 20.4. The van der Waals surface area contributed by atoms with E-state index >= 15 is 0 Å². The van der Waals surface area contributed by atoms with Gasteiger partial charge in [-0.2, -0.15) is 0 Å². The SMILES string of the molecule is Cc1cccc(-c2nnc(SCC(=O)Nc3ccc(F)cc3)n2Cc2ccco2)c1. The Hall–Kier alpha value is -3.39. The van der Waals surface area contributed by atoms with Crippen molar-refractivity contribution in [2.75, 3.05) is 11.1 Å². The van der Waals surface area contributed by atoms with E-state index in [0.29, 0.717) is 23.2 Å². The number of thioether (sulfide) groups is 1. The van der Waals surface area contributed by atoms with Gasteiger partial charge in [0.25, 0.3) is 0 Å². The van der Waals surface area contributed by atoms with Crippen LogP contribution in [0.4, 0.5) is 10.1 Å². The molecule has 1 N–H and O–H groups in total. The van der Waals surface area contributed by atoms with Crippen molar-refractivity contribution >= 4 is 23.4 Å². The first kappa shape index (κ1) is 19.9. The molecule has 0 aliphatic heterocycles. The summed E-state index contributed by atoms with van der Waals surface area (Å²) in [6.45, 7) is 2.47. The zero-order valence-electron chi connectivity index (χ0n) is 16.2. The van der Waals surface area contributed by atoms with Crippen molar-refractivity contribution in [1.82, 2.24) is 14.8 Å². The number of carbonyl (C=O) groups is 1. The molecule has 0 unspecified atom stereocenters. The molecule has 4 aromatic rings. The Bertz CT molecular complexity index is 1140. The number of furan rings is 1. The van der Waals surface area contributed by atoms with Crippen LogP contribution in [0.1, 0.15) is 11.3 Å². The summed E-state index contributed by atoms with van der Waals surface area (Å²) in [4.78, 5) is 12.3. The summed E-state index contributed by atoms with van der Waals surface area (Å²) in [5.41, 5.74) is 2.60. The predicted octanol–water partition coefficient (Wildman–Crippen LogP) is 4.76. The van der Waals surface area contributed by atoms with E-state index < -0.39 is 0 Å². The quantitative estimate of drug-likeness (QED) is 0.435. The number of amides is 1. The second-order valence-electron chi connectivity index (χ2n) is 6.68. The summed E-state index contributed by atoms with van der Waals surface area (Å²) in [5, 5.41) is 12.0. The molecule has 1 amide bonds. The highest BCUT2D eigenvalue weighted by atomic mass is 32.2. The molecule has 2 aromatic carbocycles. The lowest BCUT2D eigenvalue weighted by molar-refractivity contribution is -0.113. The van der Waals surface area contributed by atoms with Crippen LogP contribution in [0.25, 0.3) is 11.4 Å². The Balaban J connectivity index is 1.53. The molecular formula is C22H19FN4O2S. The van der Waals surface area contributed by atoms with Gasteiger partial charge in [0.2, 0.25) is 5.91 Å². The third-order valence-electron chi connectivity index (χ3n) is 4.35. The maximum absolute atomic E-state index is 13.0. The third-order valence-corrected chi connectivity index (χ3v) is 5.31. The van der Waals surface area contributed by atoms with Crippen molar-refractivity contribution in [3.05, 3.63) is 84.1 Å². The van der Waals surface area contributed by atoms with E-state index in [2.05, 4.69) is 15.5 Å². The molecule has 8 heteroatoms. The van der Waals surface area contributed by atoms with Crippen LogP contribution < -0.4 is 5.32 Å². The number of benzene rings is 2. The molecule has 0 radical (unpaired) electrons. The number of hydrogen-bond acceptors (Lipinski definition) is 5. The fourth-order valence-electron chi connectivity index (χ4n) is 2.95. The number of anilines is 1.